The standard InChI is InChI=1S/C24H25FN8O3/c25-15-1-4-21(34)18(11-15)19-12-20(23(26)30-29-19)32-9-7-31(8-10-32)14-16-2-3-17(13-27-16)33-6-5-22(35)28-24(33)36/h1-4,11-13,34H,5-10,14H2,(H2,26,30)(H,28,35,36). The molecule has 0 unspecified atom stereocenters. The maximum Gasteiger partial charge on any atom is 0.328 e. The zero-order chi connectivity index (χ0) is 25.2. The number of carbonyl (C=O) groups excluding carboxylic acids is 2. The smallest absolute Gasteiger partial charge is 0.328 e. The van der Waals surface area contributed by atoms with E-state index < -0.39 is 11.8 Å². The Hall–Kier alpha value is -4.32. The van der Waals surface area contributed by atoms with E-state index in [0.29, 0.717) is 43.2 Å². The van der Waals surface area contributed by atoms with E-state index in [4.69, 9.17) is 5.73 Å². The Bertz CT molecular complexity index is 1300. The van der Waals surface area contributed by atoms with Crippen LogP contribution >= 0.6 is 0 Å². The summed E-state index contributed by atoms with van der Waals surface area (Å²) in [5.41, 5.74) is 8.89. The molecular weight excluding hydrogens is 467 g/mol. The summed E-state index contributed by atoms with van der Waals surface area (Å²) in [5, 5.41) is 20.5. The summed E-state index contributed by atoms with van der Waals surface area (Å²) in [6.07, 6.45) is 1.91. The monoisotopic (exact) mass is 492 g/mol. The van der Waals surface area contributed by atoms with Crippen LogP contribution in [0.4, 0.5) is 26.4 Å². The van der Waals surface area contributed by atoms with Crippen LogP contribution < -0.4 is 20.9 Å². The molecule has 2 aliphatic rings. The average Bonchev–Trinajstić information content (AvgIpc) is 2.87. The largest absolute Gasteiger partial charge is 0.507 e. The summed E-state index contributed by atoms with van der Waals surface area (Å²) in [6, 6.07) is 8.68. The second kappa shape index (κ2) is 9.74. The number of rotatable bonds is 5. The molecule has 0 aliphatic carbocycles. The van der Waals surface area contributed by atoms with Crippen LogP contribution in [0.15, 0.2) is 42.6 Å². The summed E-state index contributed by atoms with van der Waals surface area (Å²) in [7, 11) is 0. The van der Waals surface area contributed by atoms with Crippen LogP contribution in [0.1, 0.15) is 12.1 Å². The number of nitrogens with two attached hydrogens (primary N) is 1. The van der Waals surface area contributed by atoms with Crippen molar-refractivity contribution in [1.29, 1.82) is 0 Å². The minimum absolute atomic E-state index is 0.0841. The van der Waals surface area contributed by atoms with Crippen molar-refractivity contribution in [2.24, 2.45) is 0 Å². The number of amides is 3. The normalized spacial score (nSPS) is 16.8. The SMILES string of the molecule is Nc1nnc(-c2cc(F)ccc2O)cc1N1CCN(Cc2ccc(N3CCC(=O)NC3=O)cn2)CC1. The van der Waals surface area contributed by atoms with Gasteiger partial charge in [0.1, 0.15) is 11.6 Å². The molecule has 0 atom stereocenters. The number of aromatic nitrogens is 3. The Kier molecular flexibility index (Phi) is 6.34. The quantitative estimate of drug-likeness (QED) is 0.486. The number of phenols is 1. The minimum atomic E-state index is -0.479. The molecule has 0 saturated carbocycles. The molecule has 5 rings (SSSR count). The van der Waals surface area contributed by atoms with Gasteiger partial charge in [-0.15, -0.1) is 10.2 Å². The summed E-state index contributed by atoms with van der Waals surface area (Å²) >= 11 is 0. The number of anilines is 3. The molecule has 186 valence electrons. The number of hydrogen-bond acceptors (Lipinski definition) is 9. The molecule has 1 aromatic carbocycles. The lowest BCUT2D eigenvalue weighted by Crippen LogP contribution is -2.49. The Morgan fingerprint density at radius 2 is 1.83 bits per heavy atom. The zero-order valence-corrected chi connectivity index (χ0v) is 19.4. The second-order valence-electron chi connectivity index (χ2n) is 8.69. The van der Waals surface area contributed by atoms with Gasteiger partial charge in [0.15, 0.2) is 5.82 Å². The fraction of sp³-hybridized carbons (Fsp3) is 0.292. The van der Waals surface area contributed by atoms with Crippen molar-refractivity contribution < 1.29 is 19.1 Å². The molecule has 4 N–H and O–H groups in total. The summed E-state index contributed by atoms with van der Waals surface area (Å²) in [6.45, 7) is 3.85. The number of benzene rings is 1. The molecule has 36 heavy (non-hydrogen) atoms. The first-order valence-corrected chi connectivity index (χ1v) is 11.5. The molecule has 2 aliphatic heterocycles. The van der Waals surface area contributed by atoms with Crippen LogP contribution in [0.2, 0.25) is 0 Å². The van der Waals surface area contributed by atoms with Crippen molar-refractivity contribution in [2.75, 3.05) is 48.3 Å². The van der Waals surface area contributed by atoms with E-state index in [1.807, 2.05) is 12.1 Å². The number of aromatic hydroxyl groups is 1. The highest BCUT2D eigenvalue weighted by atomic mass is 19.1. The number of urea groups is 1. The summed E-state index contributed by atoms with van der Waals surface area (Å²) in [4.78, 5) is 33.7. The highest BCUT2D eigenvalue weighted by Gasteiger charge is 2.25. The molecule has 2 saturated heterocycles. The van der Waals surface area contributed by atoms with E-state index in [2.05, 4.69) is 30.3 Å². The van der Waals surface area contributed by atoms with Crippen molar-refractivity contribution in [3.63, 3.8) is 0 Å². The van der Waals surface area contributed by atoms with E-state index in [1.165, 1.54) is 23.1 Å². The number of phenolic OH excluding ortho intramolecular Hbond substituents is 1. The van der Waals surface area contributed by atoms with E-state index in [0.717, 1.165) is 18.8 Å². The lowest BCUT2D eigenvalue weighted by molar-refractivity contribution is -0.120. The third-order valence-corrected chi connectivity index (χ3v) is 6.31. The minimum Gasteiger partial charge on any atom is -0.507 e. The average molecular weight is 493 g/mol. The van der Waals surface area contributed by atoms with Gasteiger partial charge in [-0.1, -0.05) is 0 Å². The molecular formula is C24H25FN8O3. The maximum atomic E-state index is 13.7. The first kappa shape index (κ1) is 23.4. The number of halogens is 1. The molecule has 3 amide bonds. The number of nitrogen functional groups attached to an aromatic ring is 1. The Balaban J connectivity index is 1.21. The van der Waals surface area contributed by atoms with Gasteiger partial charge in [0, 0.05) is 51.3 Å². The van der Waals surface area contributed by atoms with E-state index in [1.54, 1.807) is 12.3 Å². The lowest BCUT2D eigenvalue weighted by atomic mass is 10.1. The molecule has 2 fully saturated rings. The van der Waals surface area contributed by atoms with Gasteiger partial charge in [0.05, 0.1) is 29.0 Å². The second-order valence-corrected chi connectivity index (χ2v) is 8.69. The highest BCUT2D eigenvalue weighted by molar-refractivity contribution is 6.05. The molecule has 0 radical (unpaired) electrons. The van der Waals surface area contributed by atoms with Gasteiger partial charge in [0.2, 0.25) is 5.91 Å². The fourth-order valence-electron chi connectivity index (χ4n) is 4.35. The van der Waals surface area contributed by atoms with E-state index in [9.17, 15) is 19.1 Å². The molecule has 4 heterocycles. The third kappa shape index (κ3) is 4.89. The highest BCUT2D eigenvalue weighted by Crippen LogP contribution is 2.32. The number of hydrogen-bond donors (Lipinski definition) is 3. The lowest BCUT2D eigenvalue weighted by Gasteiger charge is -2.36. The molecule has 12 heteroatoms. The van der Waals surface area contributed by atoms with Crippen molar-refractivity contribution >= 4 is 29.1 Å². The number of nitrogens with zero attached hydrogens (tertiary/aromatic N) is 6. The van der Waals surface area contributed by atoms with Crippen LogP contribution in [-0.4, -0.2) is 69.8 Å². The van der Waals surface area contributed by atoms with Crippen LogP contribution in [0.25, 0.3) is 11.3 Å². The van der Waals surface area contributed by atoms with Gasteiger partial charge in [-0.05, 0) is 36.4 Å². The van der Waals surface area contributed by atoms with Crippen LogP contribution in [0.3, 0.4) is 0 Å². The van der Waals surface area contributed by atoms with Gasteiger partial charge in [-0.25, -0.2) is 9.18 Å². The number of imide groups is 1. The molecule has 11 nitrogen and oxygen atoms in total. The van der Waals surface area contributed by atoms with Crippen molar-refractivity contribution in [3.8, 4) is 17.0 Å². The van der Waals surface area contributed by atoms with Gasteiger partial charge in [-0.3, -0.25) is 24.9 Å². The maximum absolute atomic E-state index is 13.7. The Morgan fingerprint density at radius 3 is 2.56 bits per heavy atom. The van der Waals surface area contributed by atoms with Crippen LogP contribution in [0.5, 0.6) is 5.75 Å². The summed E-state index contributed by atoms with van der Waals surface area (Å²) < 4.78 is 13.7. The van der Waals surface area contributed by atoms with Crippen molar-refractivity contribution in [1.82, 2.24) is 25.4 Å². The fourth-order valence-corrected chi connectivity index (χ4v) is 4.35. The number of carbonyl (C=O) groups is 2. The van der Waals surface area contributed by atoms with E-state index >= 15 is 0 Å². The molecule has 2 aromatic heterocycles. The first-order valence-electron chi connectivity index (χ1n) is 11.5. The Labute approximate surface area is 206 Å². The molecule has 3 aromatic rings. The number of piperazine rings is 1. The van der Waals surface area contributed by atoms with E-state index in [-0.39, 0.29) is 29.5 Å². The van der Waals surface area contributed by atoms with Gasteiger partial charge < -0.3 is 15.7 Å². The predicted molar refractivity (Wildman–Crippen MR) is 131 cm³/mol. The zero-order valence-electron chi connectivity index (χ0n) is 19.4. The molecule has 0 spiro atoms. The Morgan fingerprint density at radius 1 is 1.03 bits per heavy atom. The van der Waals surface area contributed by atoms with Crippen LogP contribution in [-0.2, 0) is 11.3 Å². The van der Waals surface area contributed by atoms with Crippen molar-refractivity contribution in [2.45, 2.75) is 13.0 Å². The topological polar surface area (TPSA) is 141 Å². The first-order chi connectivity index (χ1) is 17.4. The number of pyridine rings is 1. The van der Waals surface area contributed by atoms with Gasteiger partial charge in [0.25, 0.3) is 0 Å². The third-order valence-electron chi connectivity index (χ3n) is 6.31. The molecule has 0 bridgehead atoms. The summed E-state index contributed by atoms with van der Waals surface area (Å²) in [5.74, 6) is -0.567. The van der Waals surface area contributed by atoms with Gasteiger partial charge in [-0.2, -0.15) is 0 Å². The van der Waals surface area contributed by atoms with Crippen molar-refractivity contribution in [3.05, 3.63) is 54.1 Å². The van der Waals surface area contributed by atoms with Crippen LogP contribution in [0, 0.1) is 5.82 Å². The predicted octanol–water partition coefficient (Wildman–Crippen LogP) is 1.73. The van der Waals surface area contributed by atoms with Gasteiger partial charge >= 0.3 is 6.03 Å². The number of nitrogens with one attached hydrogen (secondary N) is 1.